The summed E-state index contributed by atoms with van der Waals surface area (Å²) in [6, 6.07) is 2.50. The molecule has 1 aromatic rings. The summed E-state index contributed by atoms with van der Waals surface area (Å²) >= 11 is 0. The van der Waals surface area contributed by atoms with Crippen LogP contribution in [-0.4, -0.2) is 16.1 Å². The fraction of sp³-hybridized carbons (Fsp3) is 0.667. The van der Waals surface area contributed by atoms with Crippen molar-refractivity contribution in [3.8, 4) is 6.01 Å². The number of nitrogens with zero attached hydrogens (tertiary/aromatic N) is 2. The number of hydrogen-bond acceptors (Lipinski definition) is 3. The van der Waals surface area contributed by atoms with Gasteiger partial charge in [0.05, 0.1) is 5.69 Å². The second-order valence-corrected chi connectivity index (χ2v) is 4.44. The minimum Gasteiger partial charge on any atom is -0.460 e. The number of aromatic nitrogens is 2. The van der Waals surface area contributed by atoms with Gasteiger partial charge in [-0.1, -0.05) is 13.8 Å². The summed E-state index contributed by atoms with van der Waals surface area (Å²) in [4.78, 5) is 8.55. The van der Waals surface area contributed by atoms with Crippen molar-refractivity contribution in [2.75, 3.05) is 0 Å². The molecule has 0 N–H and O–H groups in total. The molecule has 0 radical (unpaired) electrons. The fourth-order valence-corrected chi connectivity index (χ4v) is 1.89. The van der Waals surface area contributed by atoms with E-state index in [1.165, 1.54) is 12.8 Å². The molecule has 3 nitrogen and oxygen atoms in total. The third kappa shape index (κ3) is 2.67. The number of ether oxygens (including phenoxy) is 1. The van der Waals surface area contributed by atoms with Gasteiger partial charge in [0.1, 0.15) is 6.10 Å². The first kappa shape index (κ1) is 10.4. The Labute approximate surface area is 90.9 Å². The molecule has 0 bridgehead atoms. The molecule has 0 unspecified atom stereocenters. The maximum atomic E-state index is 5.74. The summed E-state index contributed by atoms with van der Waals surface area (Å²) in [6.07, 6.45) is 6.97. The molecule has 0 spiro atoms. The standard InChI is InChI=1S/C12H18N2O/c1-9(2)11-7-8-13-12(14-11)15-10-5-3-4-6-10/h7-10H,3-6H2,1-2H3. The van der Waals surface area contributed by atoms with E-state index in [1.807, 2.05) is 6.07 Å². The second-order valence-electron chi connectivity index (χ2n) is 4.44. The Balaban J connectivity index is 2.04. The molecular weight excluding hydrogens is 188 g/mol. The van der Waals surface area contributed by atoms with E-state index in [4.69, 9.17) is 4.74 Å². The van der Waals surface area contributed by atoms with Crippen molar-refractivity contribution in [1.82, 2.24) is 9.97 Å². The van der Waals surface area contributed by atoms with E-state index in [0.717, 1.165) is 18.5 Å². The summed E-state index contributed by atoms with van der Waals surface area (Å²) in [7, 11) is 0. The zero-order valence-corrected chi connectivity index (χ0v) is 9.44. The maximum Gasteiger partial charge on any atom is 0.316 e. The molecule has 1 aliphatic rings. The average molecular weight is 206 g/mol. The fourth-order valence-electron chi connectivity index (χ4n) is 1.89. The van der Waals surface area contributed by atoms with Crippen molar-refractivity contribution in [3.05, 3.63) is 18.0 Å². The highest BCUT2D eigenvalue weighted by Crippen LogP contribution is 2.22. The normalized spacial score (nSPS) is 17.3. The Morgan fingerprint density at radius 1 is 1.33 bits per heavy atom. The first-order valence-corrected chi connectivity index (χ1v) is 5.75. The van der Waals surface area contributed by atoms with Gasteiger partial charge in [-0.3, -0.25) is 0 Å². The topological polar surface area (TPSA) is 35.0 Å². The SMILES string of the molecule is CC(C)c1ccnc(OC2CCCC2)n1. The summed E-state index contributed by atoms with van der Waals surface area (Å²) in [5.41, 5.74) is 1.05. The van der Waals surface area contributed by atoms with Crippen LogP contribution in [0.2, 0.25) is 0 Å². The molecule has 0 atom stereocenters. The van der Waals surface area contributed by atoms with Crippen LogP contribution >= 0.6 is 0 Å². The molecule has 1 aliphatic carbocycles. The predicted molar refractivity (Wildman–Crippen MR) is 59.0 cm³/mol. The summed E-state index contributed by atoms with van der Waals surface area (Å²) < 4.78 is 5.74. The molecule has 15 heavy (non-hydrogen) atoms. The quantitative estimate of drug-likeness (QED) is 0.762. The van der Waals surface area contributed by atoms with Crippen LogP contribution in [0.1, 0.15) is 51.1 Å². The van der Waals surface area contributed by atoms with Crippen LogP contribution in [-0.2, 0) is 0 Å². The van der Waals surface area contributed by atoms with Crippen LogP contribution in [0.25, 0.3) is 0 Å². The van der Waals surface area contributed by atoms with Gasteiger partial charge < -0.3 is 4.74 Å². The largest absolute Gasteiger partial charge is 0.460 e. The molecular formula is C12H18N2O. The minimum atomic E-state index is 0.340. The van der Waals surface area contributed by atoms with E-state index in [-0.39, 0.29) is 0 Å². The Hall–Kier alpha value is -1.12. The zero-order valence-electron chi connectivity index (χ0n) is 9.44. The van der Waals surface area contributed by atoms with E-state index in [9.17, 15) is 0 Å². The first-order chi connectivity index (χ1) is 7.25. The van der Waals surface area contributed by atoms with Crippen molar-refractivity contribution >= 4 is 0 Å². The lowest BCUT2D eigenvalue weighted by Gasteiger charge is -2.12. The third-order valence-electron chi connectivity index (χ3n) is 2.82. The van der Waals surface area contributed by atoms with Crippen molar-refractivity contribution in [2.45, 2.75) is 51.6 Å². The van der Waals surface area contributed by atoms with E-state index in [0.29, 0.717) is 18.0 Å². The molecule has 0 aromatic carbocycles. The van der Waals surface area contributed by atoms with Crippen LogP contribution in [0.15, 0.2) is 12.3 Å². The van der Waals surface area contributed by atoms with Crippen LogP contribution in [0.4, 0.5) is 0 Å². The monoisotopic (exact) mass is 206 g/mol. The van der Waals surface area contributed by atoms with Gasteiger partial charge in [-0.15, -0.1) is 0 Å². The highest BCUT2D eigenvalue weighted by atomic mass is 16.5. The zero-order chi connectivity index (χ0) is 10.7. The first-order valence-electron chi connectivity index (χ1n) is 5.75. The minimum absolute atomic E-state index is 0.340. The van der Waals surface area contributed by atoms with E-state index in [2.05, 4.69) is 23.8 Å². The van der Waals surface area contributed by atoms with E-state index in [1.54, 1.807) is 6.20 Å². The Morgan fingerprint density at radius 2 is 2.07 bits per heavy atom. The number of hydrogen-bond donors (Lipinski definition) is 0. The predicted octanol–water partition coefficient (Wildman–Crippen LogP) is 2.92. The van der Waals surface area contributed by atoms with E-state index < -0.39 is 0 Å². The lowest BCUT2D eigenvalue weighted by molar-refractivity contribution is 0.191. The molecule has 2 rings (SSSR count). The third-order valence-corrected chi connectivity index (χ3v) is 2.82. The molecule has 1 fully saturated rings. The Morgan fingerprint density at radius 3 is 2.73 bits per heavy atom. The summed E-state index contributed by atoms with van der Waals surface area (Å²) in [5.74, 6) is 0.430. The van der Waals surface area contributed by atoms with Gasteiger partial charge in [0, 0.05) is 6.20 Å². The van der Waals surface area contributed by atoms with Gasteiger partial charge in [0.15, 0.2) is 0 Å². The van der Waals surface area contributed by atoms with Gasteiger partial charge in [0.25, 0.3) is 0 Å². The molecule has 0 aliphatic heterocycles. The summed E-state index contributed by atoms with van der Waals surface area (Å²) in [6.45, 7) is 4.25. The second kappa shape index (κ2) is 4.60. The molecule has 1 aromatic heterocycles. The van der Waals surface area contributed by atoms with Gasteiger partial charge in [-0.05, 0) is 37.7 Å². The van der Waals surface area contributed by atoms with Crippen molar-refractivity contribution < 1.29 is 4.74 Å². The Bertz CT molecular complexity index is 319. The molecule has 1 saturated carbocycles. The molecule has 0 saturated heterocycles. The smallest absolute Gasteiger partial charge is 0.316 e. The summed E-state index contributed by atoms with van der Waals surface area (Å²) in [5, 5.41) is 0. The lowest BCUT2D eigenvalue weighted by Crippen LogP contribution is -2.13. The highest BCUT2D eigenvalue weighted by Gasteiger charge is 2.17. The van der Waals surface area contributed by atoms with Crippen molar-refractivity contribution in [1.29, 1.82) is 0 Å². The van der Waals surface area contributed by atoms with Crippen molar-refractivity contribution in [2.24, 2.45) is 0 Å². The average Bonchev–Trinajstić information content (AvgIpc) is 2.71. The van der Waals surface area contributed by atoms with Gasteiger partial charge in [-0.2, -0.15) is 4.98 Å². The van der Waals surface area contributed by atoms with Crippen LogP contribution in [0.5, 0.6) is 6.01 Å². The lowest BCUT2D eigenvalue weighted by atomic mass is 10.1. The molecule has 0 amide bonds. The van der Waals surface area contributed by atoms with E-state index >= 15 is 0 Å². The molecule has 82 valence electrons. The van der Waals surface area contributed by atoms with Gasteiger partial charge in [0.2, 0.25) is 0 Å². The number of rotatable bonds is 3. The van der Waals surface area contributed by atoms with Crippen LogP contribution < -0.4 is 4.74 Å². The maximum absolute atomic E-state index is 5.74. The van der Waals surface area contributed by atoms with Gasteiger partial charge >= 0.3 is 6.01 Å². The van der Waals surface area contributed by atoms with Gasteiger partial charge in [-0.25, -0.2) is 4.98 Å². The van der Waals surface area contributed by atoms with Crippen LogP contribution in [0, 0.1) is 0 Å². The van der Waals surface area contributed by atoms with Crippen molar-refractivity contribution in [3.63, 3.8) is 0 Å². The van der Waals surface area contributed by atoms with Crippen LogP contribution in [0.3, 0.4) is 0 Å². The molecule has 3 heteroatoms. The highest BCUT2D eigenvalue weighted by molar-refractivity contribution is 5.09. The Kier molecular flexibility index (Phi) is 3.19. The molecule has 1 heterocycles.